The molecule has 0 radical (unpaired) electrons. The number of rotatable bonds is 4. The number of carbonyl (C=O) groups excluding carboxylic acids is 1. The summed E-state index contributed by atoms with van der Waals surface area (Å²) < 4.78 is 13.1. The fourth-order valence-corrected chi connectivity index (χ4v) is 1.73. The number of halogens is 1. The molecule has 1 aliphatic rings. The van der Waals surface area contributed by atoms with Crippen molar-refractivity contribution in [2.75, 3.05) is 0 Å². The first-order chi connectivity index (χ1) is 7.58. The Bertz CT molecular complexity index is 415. The molecule has 0 heterocycles. The van der Waals surface area contributed by atoms with Crippen LogP contribution >= 0.6 is 0 Å². The molecule has 1 aromatic carbocycles. The zero-order valence-electron chi connectivity index (χ0n) is 9.16. The molecule has 0 aliphatic heterocycles. The molecular formula is C12H15FN2O. The van der Waals surface area contributed by atoms with E-state index in [0.29, 0.717) is 11.6 Å². The first-order valence-electron chi connectivity index (χ1n) is 5.39. The lowest BCUT2D eigenvalue weighted by Crippen LogP contribution is -2.35. The van der Waals surface area contributed by atoms with Crippen LogP contribution in [0.25, 0.3) is 0 Å². The van der Waals surface area contributed by atoms with Crippen molar-refractivity contribution in [2.24, 2.45) is 5.73 Å². The summed E-state index contributed by atoms with van der Waals surface area (Å²) in [4.78, 5) is 11.4. The van der Waals surface area contributed by atoms with Gasteiger partial charge in [-0.3, -0.25) is 10.1 Å². The van der Waals surface area contributed by atoms with E-state index in [1.54, 1.807) is 6.07 Å². The molecule has 1 aromatic rings. The summed E-state index contributed by atoms with van der Waals surface area (Å²) in [6, 6.07) is 4.19. The normalized spacial score (nSPS) is 17.1. The minimum Gasteiger partial charge on any atom is -0.368 e. The lowest BCUT2D eigenvalue weighted by atomic mass is 10.0. The van der Waals surface area contributed by atoms with E-state index < -0.39 is 11.9 Å². The number of hydrogen-bond acceptors (Lipinski definition) is 2. The molecule has 1 saturated carbocycles. The van der Waals surface area contributed by atoms with Crippen LogP contribution in [0, 0.1) is 12.7 Å². The first-order valence-corrected chi connectivity index (χ1v) is 5.39. The molecule has 0 bridgehead atoms. The summed E-state index contributed by atoms with van der Waals surface area (Å²) in [5.41, 5.74) is 6.85. The molecule has 0 saturated heterocycles. The van der Waals surface area contributed by atoms with E-state index in [2.05, 4.69) is 5.32 Å². The second kappa shape index (κ2) is 4.22. The largest absolute Gasteiger partial charge is 0.368 e. The summed E-state index contributed by atoms with van der Waals surface area (Å²) in [5, 5.41) is 3.13. The van der Waals surface area contributed by atoms with Crippen molar-refractivity contribution in [3.8, 4) is 0 Å². The quantitative estimate of drug-likeness (QED) is 0.809. The molecule has 3 N–H and O–H groups in total. The molecular weight excluding hydrogens is 207 g/mol. The van der Waals surface area contributed by atoms with Gasteiger partial charge in [-0.2, -0.15) is 0 Å². The van der Waals surface area contributed by atoms with Crippen LogP contribution in [-0.4, -0.2) is 11.9 Å². The number of nitrogens with one attached hydrogen (secondary N) is 1. The van der Waals surface area contributed by atoms with Gasteiger partial charge in [0.25, 0.3) is 0 Å². The molecule has 16 heavy (non-hydrogen) atoms. The number of benzene rings is 1. The highest BCUT2D eigenvalue weighted by molar-refractivity contribution is 5.82. The van der Waals surface area contributed by atoms with Gasteiger partial charge in [0, 0.05) is 6.04 Å². The van der Waals surface area contributed by atoms with Crippen LogP contribution in [0.4, 0.5) is 4.39 Å². The molecule has 1 fully saturated rings. The highest BCUT2D eigenvalue weighted by atomic mass is 19.1. The summed E-state index contributed by atoms with van der Waals surface area (Å²) in [6.07, 6.45) is 2.11. The third-order valence-electron chi connectivity index (χ3n) is 2.82. The van der Waals surface area contributed by atoms with Crippen molar-refractivity contribution in [1.29, 1.82) is 0 Å². The SMILES string of the molecule is Cc1ccc(F)cc1C(NC1CC1)C(N)=O. The van der Waals surface area contributed by atoms with Crippen LogP contribution in [-0.2, 0) is 4.79 Å². The molecule has 86 valence electrons. The summed E-state index contributed by atoms with van der Waals surface area (Å²) in [5.74, 6) is -0.801. The summed E-state index contributed by atoms with van der Waals surface area (Å²) >= 11 is 0. The monoisotopic (exact) mass is 222 g/mol. The Morgan fingerprint density at radius 2 is 2.25 bits per heavy atom. The predicted octanol–water partition coefficient (Wildman–Crippen LogP) is 1.41. The van der Waals surface area contributed by atoms with Gasteiger partial charge >= 0.3 is 0 Å². The standard InChI is InChI=1S/C12H15FN2O/c1-7-2-3-8(13)6-10(7)11(12(14)16)15-9-4-5-9/h2-3,6,9,11,15H,4-5H2,1H3,(H2,14,16). The van der Waals surface area contributed by atoms with E-state index in [-0.39, 0.29) is 5.82 Å². The van der Waals surface area contributed by atoms with Crippen molar-refractivity contribution in [1.82, 2.24) is 5.32 Å². The fourth-order valence-electron chi connectivity index (χ4n) is 1.73. The minimum absolute atomic E-state index is 0.343. The third kappa shape index (κ3) is 2.39. The second-order valence-electron chi connectivity index (χ2n) is 4.28. The van der Waals surface area contributed by atoms with Gasteiger partial charge in [-0.25, -0.2) is 4.39 Å². The van der Waals surface area contributed by atoms with Crippen LogP contribution in [0.5, 0.6) is 0 Å². The van der Waals surface area contributed by atoms with Gasteiger partial charge in [-0.1, -0.05) is 6.07 Å². The van der Waals surface area contributed by atoms with Crippen molar-refractivity contribution in [3.05, 3.63) is 35.1 Å². The van der Waals surface area contributed by atoms with Gasteiger partial charge < -0.3 is 5.73 Å². The second-order valence-corrected chi connectivity index (χ2v) is 4.28. The van der Waals surface area contributed by atoms with Crippen molar-refractivity contribution >= 4 is 5.91 Å². The molecule has 1 unspecified atom stereocenters. The van der Waals surface area contributed by atoms with Crippen LogP contribution in [0.15, 0.2) is 18.2 Å². The Morgan fingerprint density at radius 1 is 1.56 bits per heavy atom. The number of aryl methyl sites for hydroxylation is 1. The van der Waals surface area contributed by atoms with Gasteiger partial charge in [-0.05, 0) is 43.0 Å². The molecule has 1 atom stereocenters. The number of primary amides is 1. The van der Waals surface area contributed by atoms with Gasteiger partial charge in [0.2, 0.25) is 5.91 Å². The van der Waals surface area contributed by atoms with E-state index in [0.717, 1.165) is 18.4 Å². The molecule has 2 rings (SSSR count). The van der Waals surface area contributed by atoms with Gasteiger partial charge in [0.1, 0.15) is 11.9 Å². The van der Waals surface area contributed by atoms with Gasteiger partial charge in [0.05, 0.1) is 0 Å². The minimum atomic E-state index is -0.580. The van der Waals surface area contributed by atoms with Crippen molar-refractivity contribution < 1.29 is 9.18 Å². The third-order valence-corrected chi connectivity index (χ3v) is 2.82. The smallest absolute Gasteiger partial charge is 0.239 e. The Labute approximate surface area is 93.8 Å². The molecule has 0 spiro atoms. The van der Waals surface area contributed by atoms with Gasteiger partial charge in [0.15, 0.2) is 0 Å². The predicted molar refractivity (Wildman–Crippen MR) is 59.2 cm³/mol. The van der Waals surface area contributed by atoms with E-state index in [1.165, 1.54) is 12.1 Å². The number of amides is 1. The molecule has 3 nitrogen and oxygen atoms in total. The maximum absolute atomic E-state index is 13.1. The molecule has 0 aromatic heterocycles. The van der Waals surface area contributed by atoms with Crippen molar-refractivity contribution in [2.45, 2.75) is 31.8 Å². The van der Waals surface area contributed by atoms with E-state index in [4.69, 9.17) is 5.73 Å². The molecule has 4 heteroatoms. The maximum Gasteiger partial charge on any atom is 0.239 e. The first kappa shape index (κ1) is 11.1. The average molecular weight is 222 g/mol. The summed E-state index contributed by atoms with van der Waals surface area (Å²) in [7, 11) is 0. The zero-order valence-corrected chi connectivity index (χ0v) is 9.16. The van der Waals surface area contributed by atoms with Crippen LogP contribution < -0.4 is 11.1 Å². The zero-order chi connectivity index (χ0) is 11.7. The molecule has 1 amide bonds. The Balaban J connectivity index is 2.29. The topological polar surface area (TPSA) is 55.1 Å². The van der Waals surface area contributed by atoms with Crippen molar-refractivity contribution in [3.63, 3.8) is 0 Å². The lowest BCUT2D eigenvalue weighted by molar-refractivity contribution is -0.120. The van der Waals surface area contributed by atoms with Gasteiger partial charge in [-0.15, -0.1) is 0 Å². The molecule has 1 aliphatic carbocycles. The van der Waals surface area contributed by atoms with Crippen LogP contribution in [0.1, 0.15) is 30.0 Å². The van der Waals surface area contributed by atoms with E-state index >= 15 is 0 Å². The Kier molecular flexibility index (Phi) is 2.92. The fraction of sp³-hybridized carbons (Fsp3) is 0.417. The Hall–Kier alpha value is -1.42. The lowest BCUT2D eigenvalue weighted by Gasteiger charge is -2.17. The van der Waals surface area contributed by atoms with E-state index in [1.807, 2.05) is 6.92 Å². The van der Waals surface area contributed by atoms with Crippen LogP contribution in [0.3, 0.4) is 0 Å². The number of nitrogens with two attached hydrogens (primary N) is 1. The highest BCUT2D eigenvalue weighted by Crippen LogP contribution is 2.26. The maximum atomic E-state index is 13.1. The number of carbonyl (C=O) groups is 1. The highest BCUT2D eigenvalue weighted by Gasteiger charge is 2.29. The summed E-state index contributed by atoms with van der Waals surface area (Å²) in [6.45, 7) is 1.85. The Morgan fingerprint density at radius 3 is 2.81 bits per heavy atom. The number of hydrogen-bond donors (Lipinski definition) is 2. The average Bonchev–Trinajstić information content (AvgIpc) is 3.02. The van der Waals surface area contributed by atoms with Crippen LogP contribution in [0.2, 0.25) is 0 Å². The van der Waals surface area contributed by atoms with E-state index in [9.17, 15) is 9.18 Å².